The van der Waals surface area contributed by atoms with E-state index in [9.17, 15) is 22.0 Å². The third-order valence-corrected chi connectivity index (χ3v) is 4.63. The molecule has 0 radical (unpaired) electrons. The standard InChI is InChI=1S/C11H15BrClF5O/c1-2-3-4-5-6-7-19-11(18)8(12,13)9(14,15)10(11,16)17/h2-7H2,1H3. The summed E-state index contributed by atoms with van der Waals surface area (Å²) in [4.78, 5) is 0. The fourth-order valence-corrected chi connectivity index (χ4v) is 2.74. The zero-order valence-corrected chi connectivity index (χ0v) is 12.6. The Hall–Kier alpha value is 0.380. The van der Waals surface area contributed by atoms with Gasteiger partial charge in [0.2, 0.25) is 3.78 Å². The molecule has 1 nitrogen and oxygen atoms in total. The molecule has 1 aliphatic carbocycles. The van der Waals surface area contributed by atoms with Crippen LogP contribution in [0.2, 0.25) is 0 Å². The zero-order chi connectivity index (χ0) is 14.9. The molecule has 0 aromatic heterocycles. The van der Waals surface area contributed by atoms with Crippen LogP contribution in [-0.2, 0) is 4.74 Å². The minimum absolute atomic E-state index is 0.313. The summed E-state index contributed by atoms with van der Waals surface area (Å²) in [5, 5.41) is 0. The average molecular weight is 374 g/mol. The van der Waals surface area contributed by atoms with Crippen LogP contribution in [0.25, 0.3) is 0 Å². The first-order valence-electron chi connectivity index (χ1n) is 6.02. The van der Waals surface area contributed by atoms with Crippen LogP contribution in [0.3, 0.4) is 0 Å². The van der Waals surface area contributed by atoms with E-state index in [0.717, 1.165) is 19.3 Å². The summed E-state index contributed by atoms with van der Waals surface area (Å²) in [7, 11) is 0. The minimum atomic E-state index is -4.95. The van der Waals surface area contributed by atoms with Gasteiger partial charge in [0.25, 0.3) is 0 Å². The maximum atomic E-state index is 13.9. The summed E-state index contributed by atoms with van der Waals surface area (Å²) in [6.45, 7) is 1.61. The van der Waals surface area contributed by atoms with Gasteiger partial charge in [-0.1, -0.05) is 60.1 Å². The van der Waals surface area contributed by atoms with Crippen LogP contribution in [0, 0.1) is 0 Å². The molecule has 0 saturated heterocycles. The topological polar surface area (TPSA) is 9.23 Å². The van der Waals surface area contributed by atoms with Gasteiger partial charge in [0.15, 0.2) is 0 Å². The van der Waals surface area contributed by atoms with E-state index in [1.54, 1.807) is 0 Å². The Bertz CT molecular complexity index is 306. The third-order valence-electron chi connectivity index (χ3n) is 3.15. The second-order valence-corrected chi connectivity index (χ2v) is 6.79. The number of rotatable bonds is 7. The highest BCUT2D eigenvalue weighted by atomic mass is 79.9. The van der Waals surface area contributed by atoms with Gasteiger partial charge in [-0.3, -0.25) is 0 Å². The number of alkyl halides is 7. The van der Waals surface area contributed by atoms with Gasteiger partial charge in [-0.2, -0.15) is 17.6 Å². The van der Waals surface area contributed by atoms with E-state index in [0.29, 0.717) is 12.8 Å². The Morgan fingerprint density at radius 2 is 1.47 bits per heavy atom. The van der Waals surface area contributed by atoms with Gasteiger partial charge >= 0.3 is 17.7 Å². The van der Waals surface area contributed by atoms with Crippen molar-refractivity contribution in [1.82, 2.24) is 0 Å². The van der Waals surface area contributed by atoms with E-state index >= 15 is 0 Å². The molecule has 0 bridgehead atoms. The third kappa shape index (κ3) is 2.39. The van der Waals surface area contributed by atoms with Crippen molar-refractivity contribution in [2.45, 2.75) is 60.5 Å². The molecule has 0 amide bonds. The molecule has 0 aromatic carbocycles. The predicted molar refractivity (Wildman–Crippen MR) is 66.0 cm³/mol. The van der Waals surface area contributed by atoms with Crippen molar-refractivity contribution in [2.75, 3.05) is 6.61 Å². The fourth-order valence-electron chi connectivity index (χ4n) is 1.84. The second-order valence-electron chi connectivity index (χ2n) is 4.58. The molecule has 1 aliphatic rings. The molecule has 0 heterocycles. The van der Waals surface area contributed by atoms with Gasteiger partial charge in [0, 0.05) is 0 Å². The molecule has 0 N–H and O–H groups in total. The van der Waals surface area contributed by atoms with Crippen LogP contribution in [0.5, 0.6) is 0 Å². The molecule has 1 fully saturated rings. The SMILES string of the molecule is CCCCCCCOC1(F)C(F)(F)C(F)(F)C1(Cl)Br. The lowest BCUT2D eigenvalue weighted by Crippen LogP contribution is -2.84. The first-order valence-corrected chi connectivity index (χ1v) is 7.19. The minimum Gasteiger partial charge on any atom is -0.339 e. The number of ether oxygens (including phenoxy) is 1. The van der Waals surface area contributed by atoms with Crippen LogP contribution < -0.4 is 0 Å². The van der Waals surface area contributed by atoms with Crippen LogP contribution in [0.1, 0.15) is 39.0 Å². The van der Waals surface area contributed by atoms with E-state index in [1.807, 2.05) is 6.92 Å². The quantitative estimate of drug-likeness (QED) is 0.336. The Labute approximate surface area is 121 Å². The van der Waals surface area contributed by atoms with Crippen molar-refractivity contribution < 1.29 is 26.7 Å². The Balaban J connectivity index is 2.53. The molecule has 19 heavy (non-hydrogen) atoms. The Kier molecular flexibility index (Phi) is 5.17. The zero-order valence-electron chi connectivity index (χ0n) is 10.3. The summed E-state index contributed by atoms with van der Waals surface area (Å²) in [5.74, 6) is -13.6. The van der Waals surface area contributed by atoms with Crippen LogP contribution in [0.4, 0.5) is 22.0 Å². The Morgan fingerprint density at radius 1 is 0.947 bits per heavy atom. The van der Waals surface area contributed by atoms with Crippen molar-refractivity contribution in [3.8, 4) is 0 Å². The molecule has 2 unspecified atom stereocenters. The van der Waals surface area contributed by atoms with Gasteiger partial charge in [-0.15, -0.1) is 0 Å². The van der Waals surface area contributed by atoms with Gasteiger partial charge in [-0.25, -0.2) is 4.39 Å². The molecule has 0 spiro atoms. The van der Waals surface area contributed by atoms with Gasteiger partial charge in [0.1, 0.15) is 0 Å². The van der Waals surface area contributed by atoms with Crippen LogP contribution in [0.15, 0.2) is 0 Å². The van der Waals surface area contributed by atoms with Crippen LogP contribution in [-0.4, -0.2) is 28.1 Å². The first-order chi connectivity index (χ1) is 8.56. The second kappa shape index (κ2) is 5.64. The number of hydrogen-bond acceptors (Lipinski definition) is 1. The molecule has 1 rings (SSSR count). The highest BCUT2D eigenvalue weighted by Crippen LogP contribution is 2.71. The smallest absolute Gasteiger partial charge is 0.339 e. The molecular weight excluding hydrogens is 358 g/mol. The highest BCUT2D eigenvalue weighted by molar-refractivity contribution is 9.10. The lowest BCUT2D eigenvalue weighted by molar-refractivity contribution is -0.434. The van der Waals surface area contributed by atoms with E-state index in [-0.39, 0.29) is 6.61 Å². The lowest BCUT2D eigenvalue weighted by Gasteiger charge is -2.56. The van der Waals surface area contributed by atoms with Crippen LogP contribution >= 0.6 is 27.5 Å². The van der Waals surface area contributed by atoms with Crippen molar-refractivity contribution in [1.29, 1.82) is 0 Å². The molecule has 114 valence electrons. The predicted octanol–water partition coefficient (Wildman–Crippen LogP) is 5.25. The van der Waals surface area contributed by atoms with Crippen molar-refractivity contribution in [3.05, 3.63) is 0 Å². The molecule has 1 saturated carbocycles. The lowest BCUT2D eigenvalue weighted by atomic mass is 9.82. The van der Waals surface area contributed by atoms with E-state index in [4.69, 9.17) is 11.6 Å². The number of halogens is 7. The largest absolute Gasteiger partial charge is 0.373 e. The summed E-state index contributed by atoms with van der Waals surface area (Å²) in [5.41, 5.74) is 0. The van der Waals surface area contributed by atoms with Crippen molar-refractivity contribution in [3.63, 3.8) is 0 Å². The fraction of sp³-hybridized carbons (Fsp3) is 1.00. The van der Waals surface area contributed by atoms with E-state index < -0.39 is 21.5 Å². The van der Waals surface area contributed by atoms with Gasteiger partial charge in [0.05, 0.1) is 6.61 Å². The monoisotopic (exact) mass is 372 g/mol. The molecule has 8 heteroatoms. The van der Waals surface area contributed by atoms with Gasteiger partial charge < -0.3 is 4.74 Å². The van der Waals surface area contributed by atoms with Gasteiger partial charge in [-0.05, 0) is 6.42 Å². The van der Waals surface area contributed by atoms with E-state index in [1.165, 1.54) is 0 Å². The number of hydrogen-bond donors (Lipinski definition) is 0. The molecular formula is C11H15BrClF5O. The summed E-state index contributed by atoms with van der Waals surface area (Å²) in [6, 6.07) is 0. The molecule has 0 aromatic rings. The highest BCUT2D eigenvalue weighted by Gasteiger charge is 2.97. The summed E-state index contributed by atoms with van der Waals surface area (Å²) >= 11 is 7.25. The summed E-state index contributed by atoms with van der Waals surface area (Å²) in [6.07, 6.45) is 3.78. The maximum Gasteiger partial charge on any atom is 0.373 e. The maximum absolute atomic E-state index is 13.9. The van der Waals surface area contributed by atoms with Crippen molar-refractivity contribution >= 4 is 27.5 Å². The normalized spacial score (nSPS) is 36.0. The molecule has 2 atom stereocenters. The Morgan fingerprint density at radius 3 is 1.95 bits per heavy atom. The van der Waals surface area contributed by atoms with E-state index in [2.05, 4.69) is 20.7 Å². The average Bonchev–Trinajstić information content (AvgIpc) is 2.31. The number of unbranched alkanes of at least 4 members (excludes halogenated alkanes) is 4. The summed E-state index contributed by atoms with van der Waals surface area (Å²) < 4.78 is 67.3. The first kappa shape index (κ1) is 17.4. The molecule has 0 aliphatic heterocycles. The van der Waals surface area contributed by atoms with Crippen molar-refractivity contribution in [2.24, 2.45) is 0 Å².